The van der Waals surface area contributed by atoms with Gasteiger partial charge in [0, 0.05) is 17.7 Å². The number of hydrogen-bond donors (Lipinski definition) is 0. The van der Waals surface area contributed by atoms with E-state index in [0.717, 1.165) is 17.4 Å². The Morgan fingerprint density at radius 1 is 1.04 bits per heavy atom. The van der Waals surface area contributed by atoms with E-state index in [1.165, 1.54) is 42.8 Å². The first-order chi connectivity index (χ1) is 11.3. The summed E-state index contributed by atoms with van der Waals surface area (Å²) in [6, 6.07) is 17.0. The Kier molecular flexibility index (Phi) is 4.32. The van der Waals surface area contributed by atoms with Gasteiger partial charge in [-0.2, -0.15) is 0 Å². The molecule has 0 saturated carbocycles. The summed E-state index contributed by atoms with van der Waals surface area (Å²) in [4.78, 5) is 2.47. The highest BCUT2D eigenvalue weighted by molar-refractivity contribution is 7.99. The van der Waals surface area contributed by atoms with Gasteiger partial charge in [-0.3, -0.25) is 0 Å². The van der Waals surface area contributed by atoms with Crippen molar-refractivity contribution >= 4 is 11.8 Å². The predicted molar refractivity (Wildman–Crippen MR) is 97.5 cm³/mol. The van der Waals surface area contributed by atoms with Crippen LogP contribution in [0.5, 0.6) is 11.5 Å². The van der Waals surface area contributed by atoms with Crippen LogP contribution in [0.4, 0.5) is 0 Å². The molecule has 0 bridgehead atoms. The number of likely N-dealkylation sites (tertiary alicyclic amines) is 1. The number of rotatable bonds is 3. The van der Waals surface area contributed by atoms with Gasteiger partial charge in [0.15, 0.2) is 0 Å². The second-order valence-electron chi connectivity index (χ2n) is 6.66. The summed E-state index contributed by atoms with van der Waals surface area (Å²) in [6.07, 6.45) is 2.70. The lowest BCUT2D eigenvalue weighted by molar-refractivity contribution is 0.224. The Morgan fingerprint density at radius 2 is 1.70 bits per heavy atom. The van der Waals surface area contributed by atoms with Crippen LogP contribution in [0.2, 0.25) is 0 Å². The topological polar surface area (TPSA) is 12.5 Å². The summed E-state index contributed by atoms with van der Waals surface area (Å²) in [6.45, 7) is 2.49. The number of ether oxygens (including phenoxy) is 1. The van der Waals surface area contributed by atoms with E-state index in [0.29, 0.717) is 5.25 Å². The Labute approximate surface area is 142 Å². The molecule has 0 N–H and O–H groups in total. The van der Waals surface area contributed by atoms with Crippen LogP contribution in [0, 0.1) is 5.92 Å². The predicted octanol–water partition coefficient (Wildman–Crippen LogP) is 4.96. The Bertz CT molecular complexity index is 641. The minimum Gasteiger partial charge on any atom is -0.457 e. The fraction of sp³-hybridized carbons (Fsp3) is 0.400. The third-order valence-electron chi connectivity index (χ3n) is 4.84. The summed E-state index contributed by atoms with van der Waals surface area (Å²) in [5.74, 6) is 4.06. The summed E-state index contributed by atoms with van der Waals surface area (Å²) < 4.78 is 6.09. The lowest BCUT2D eigenvalue weighted by atomic mass is 10.00. The van der Waals surface area contributed by atoms with E-state index in [1.807, 2.05) is 0 Å². The van der Waals surface area contributed by atoms with Crippen LogP contribution in [0.15, 0.2) is 48.5 Å². The van der Waals surface area contributed by atoms with Gasteiger partial charge in [-0.25, -0.2) is 0 Å². The molecule has 2 aromatic rings. The van der Waals surface area contributed by atoms with Gasteiger partial charge in [0.2, 0.25) is 0 Å². The molecule has 4 rings (SSSR count). The van der Waals surface area contributed by atoms with Crippen LogP contribution in [0.1, 0.15) is 29.2 Å². The van der Waals surface area contributed by atoms with E-state index in [1.54, 1.807) is 0 Å². The SMILES string of the molecule is CN1CCCC(CSC2c3ccccc3Oc3ccccc32)C1. The van der Waals surface area contributed by atoms with Crippen LogP contribution >= 0.6 is 11.8 Å². The Hall–Kier alpha value is -1.45. The van der Waals surface area contributed by atoms with Gasteiger partial charge < -0.3 is 9.64 Å². The molecular weight excluding hydrogens is 302 g/mol. The maximum atomic E-state index is 6.09. The Morgan fingerprint density at radius 3 is 2.35 bits per heavy atom. The molecule has 1 saturated heterocycles. The van der Waals surface area contributed by atoms with E-state index >= 15 is 0 Å². The molecule has 1 fully saturated rings. The normalized spacial score (nSPS) is 21.3. The monoisotopic (exact) mass is 325 g/mol. The zero-order chi connectivity index (χ0) is 15.6. The number of piperidine rings is 1. The molecule has 0 aliphatic carbocycles. The van der Waals surface area contributed by atoms with Crippen molar-refractivity contribution in [1.82, 2.24) is 4.90 Å². The van der Waals surface area contributed by atoms with Gasteiger partial charge in [0.1, 0.15) is 11.5 Å². The zero-order valence-corrected chi connectivity index (χ0v) is 14.4. The highest BCUT2D eigenvalue weighted by Gasteiger charge is 2.28. The lowest BCUT2D eigenvalue weighted by Gasteiger charge is -2.32. The number of fused-ring (bicyclic) bond motifs is 2. The van der Waals surface area contributed by atoms with Gasteiger partial charge in [-0.05, 0) is 50.2 Å². The highest BCUT2D eigenvalue weighted by Crippen LogP contribution is 2.49. The minimum atomic E-state index is 0.392. The van der Waals surface area contributed by atoms with Crippen molar-refractivity contribution in [3.05, 3.63) is 59.7 Å². The van der Waals surface area contributed by atoms with Crippen LogP contribution in [0.3, 0.4) is 0 Å². The summed E-state index contributed by atoms with van der Waals surface area (Å²) in [5, 5.41) is 0.392. The van der Waals surface area contributed by atoms with E-state index in [4.69, 9.17) is 4.74 Å². The molecule has 23 heavy (non-hydrogen) atoms. The van der Waals surface area contributed by atoms with Crippen molar-refractivity contribution < 1.29 is 4.74 Å². The number of hydrogen-bond acceptors (Lipinski definition) is 3. The van der Waals surface area contributed by atoms with Crippen molar-refractivity contribution in [3.63, 3.8) is 0 Å². The summed E-state index contributed by atoms with van der Waals surface area (Å²) >= 11 is 2.08. The quantitative estimate of drug-likeness (QED) is 0.791. The molecule has 0 spiro atoms. The average Bonchev–Trinajstić information content (AvgIpc) is 2.58. The van der Waals surface area contributed by atoms with Crippen LogP contribution in [0.25, 0.3) is 0 Å². The molecule has 1 unspecified atom stereocenters. The van der Waals surface area contributed by atoms with Crippen molar-refractivity contribution in [1.29, 1.82) is 0 Å². The molecule has 2 nitrogen and oxygen atoms in total. The molecule has 2 aromatic carbocycles. The second kappa shape index (κ2) is 6.58. The third-order valence-corrected chi connectivity index (χ3v) is 6.35. The molecule has 0 amide bonds. The van der Waals surface area contributed by atoms with Crippen molar-refractivity contribution in [3.8, 4) is 11.5 Å². The Balaban J connectivity index is 1.57. The van der Waals surface area contributed by atoms with Crippen LogP contribution < -0.4 is 4.74 Å². The fourth-order valence-corrected chi connectivity index (χ4v) is 5.17. The molecule has 2 aliphatic heterocycles. The van der Waals surface area contributed by atoms with Gasteiger partial charge in [-0.1, -0.05) is 36.4 Å². The lowest BCUT2D eigenvalue weighted by Crippen LogP contribution is -2.33. The summed E-state index contributed by atoms with van der Waals surface area (Å²) in [7, 11) is 2.25. The highest BCUT2D eigenvalue weighted by atomic mass is 32.2. The first-order valence-corrected chi connectivity index (χ1v) is 9.52. The number of nitrogens with zero attached hydrogens (tertiary/aromatic N) is 1. The minimum absolute atomic E-state index is 0.392. The van der Waals surface area contributed by atoms with Gasteiger partial charge in [0.05, 0.1) is 5.25 Å². The van der Waals surface area contributed by atoms with E-state index < -0.39 is 0 Å². The maximum absolute atomic E-state index is 6.09. The maximum Gasteiger partial charge on any atom is 0.132 e. The van der Waals surface area contributed by atoms with Crippen LogP contribution in [-0.4, -0.2) is 30.8 Å². The molecule has 0 radical (unpaired) electrons. The average molecular weight is 325 g/mol. The largest absolute Gasteiger partial charge is 0.457 e. The summed E-state index contributed by atoms with van der Waals surface area (Å²) in [5.41, 5.74) is 2.64. The zero-order valence-electron chi connectivity index (χ0n) is 13.6. The molecule has 3 heteroatoms. The van der Waals surface area contributed by atoms with Gasteiger partial charge in [0.25, 0.3) is 0 Å². The van der Waals surface area contributed by atoms with Crippen molar-refractivity contribution in [2.24, 2.45) is 5.92 Å². The molecule has 2 heterocycles. The first-order valence-electron chi connectivity index (χ1n) is 8.47. The van der Waals surface area contributed by atoms with E-state index in [-0.39, 0.29) is 0 Å². The van der Waals surface area contributed by atoms with Crippen molar-refractivity contribution in [2.45, 2.75) is 18.1 Å². The number of para-hydroxylation sites is 2. The second-order valence-corrected chi connectivity index (χ2v) is 7.80. The molecule has 0 aromatic heterocycles. The third kappa shape index (κ3) is 3.13. The fourth-order valence-electron chi connectivity index (χ4n) is 3.69. The standard InChI is InChI=1S/C20H23NOS/c1-21-12-6-7-15(13-21)14-23-20-16-8-2-4-10-18(16)22-19-11-5-3-9-17(19)20/h2-5,8-11,15,20H,6-7,12-14H2,1H3. The van der Waals surface area contributed by atoms with Gasteiger partial charge in [-0.15, -0.1) is 11.8 Å². The molecule has 1 atom stereocenters. The first kappa shape index (κ1) is 15.1. The van der Waals surface area contributed by atoms with E-state index in [2.05, 4.69) is 72.2 Å². The number of benzene rings is 2. The molecule has 120 valence electrons. The van der Waals surface area contributed by atoms with E-state index in [9.17, 15) is 0 Å². The number of thioether (sulfide) groups is 1. The van der Waals surface area contributed by atoms with Gasteiger partial charge >= 0.3 is 0 Å². The van der Waals surface area contributed by atoms with Crippen molar-refractivity contribution in [2.75, 3.05) is 25.9 Å². The molecule has 2 aliphatic rings. The molecular formula is C20H23NOS. The smallest absolute Gasteiger partial charge is 0.132 e. The van der Waals surface area contributed by atoms with Crippen LogP contribution in [-0.2, 0) is 0 Å².